The largest absolute Gasteiger partial charge is 0.474 e. The Morgan fingerprint density at radius 3 is 2.74 bits per heavy atom. The molecule has 0 bridgehead atoms. The number of aromatic nitrogens is 1. The molecule has 2 aromatic rings. The first-order valence-corrected chi connectivity index (χ1v) is 11.2. The van der Waals surface area contributed by atoms with Crippen molar-refractivity contribution < 1.29 is 27.9 Å². The maximum Gasteiger partial charge on any atom is 0.414 e. The van der Waals surface area contributed by atoms with E-state index in [1.807, 2.05) is 12.1 Å². The Balaban J connectivity index is 0.00000342. The van der Waals surface area contributed by atoms with Crippen LogP contribution in [-0.4, -0.2) is 73.9 Å². The summed E-state index contributed by atoms with van der Waals surface area (Å²) in [7, 11) is 1.42. The Hall–Kier alpha value is -3.09. The summed E-state index contributed by atoms with van der Waals surface area (Å²) in [6.07, 6.45) is 2.22. The zero-order chi connectivity index (χ0) is 24.1. The zero-order valence-corrected chi connectivity index (χ0v) is 19.4. The van der Waals surface area contributed by atoms with E-state index in [-0.39, 0.29) is 43.7 Å². The molecule has 0 saturated carbocycles. The number of ether oxygens (including phenoxy) is 2. The lowest BCUT2D eigenvalue weighted by atomic mass is 10.2. The number of cyclic esters (lactones) is 1. The summed E-state index contributed by atoms with van der Waals surface area (Å²) >= 11 is 4.90. The first kappa shape index (κ1) is 26.5. The van der Waals surface area contributed by atoms with Gasteiger partial charge in [0.1, 0.15) is 11.8 Å². The highest BCUT2D eigenvalue weighted by Gasteiger charge is 2.34. The molecule has 2 aliphatic rings. The summed E-state index contributed by atoms with van der Waals surface area (Å²) in [5, 5.41) is 4.72. The average Bonchev–Trinajstić information content (AvgIpc) is 3.05. The van der Waals surface area contributed by atoms with E-state index in [0.717, 1.165) is 17.7 Å². The third-order valence-corrected chi connectivity index (χ3v) is 5.81. The van der Waals surface area contributed by atoms with Crippen LogP contribution < -0.4 is 15.1 Å². The van der Waals surface area contributed by atoms with E-state index in [4.69, 9.17) is 26.5 Å². The first-order valence-electron chi connectivity index (χ1n) is 10.8. The number of hydroxylamine groups is 2. The van der Waals surface area contributed by atoms with Gasteiger partial charge in [0, 0.05) is 44.2 Å². The van der Waals surface area contributed by atoms with Crippen molar-refractivity contribution in [1.29, 1.82) is 0 Å². The molecule has 1 atom stereocenters. The normalized spacial score (nSPS) is 18.5. The summed E-state index contributed by atoms with van der Waals surface area (Å²) in [5.74, 6) is -1.52. The van der Waals surface area contributed by atoms with Gasteiger partial charge in [-0.1, -0.05) is 13.5 Å². The van der Waals surface area contributed by atoms with E-state index in [1.54, 1.807) is 22.4 Å². The molecule has 0 spiro atoms. The first-order chi connectivity index (χ1) is 16.4. The maximum absolute atomic E-state index is 15.1. The number of methoxy groups -OCH3 is 1. The molecular formula is C23H29F2N5O4S. The highest BCUT2D eigenvalue weighted by atomic mass is 32.1. The number of amides is 1. The Labute approximate surface area is 208 Å². The summed E-state index contributed by atoms with van der Waals surface area (Å²) in [6.45, 7) is 2.28. The van der Waals surface area contributed by atoms with Gasteiger partial charge < -0.3 is 19.7 Å². The highest BCUT2D eigenvalue weighted by molar-refractivity contribution is 7.80. The number of hydrogen-bond donors (Lipinski definition) is 1. The topological polar surface area (TPSA) is 79.4 Å². The lowest BCUT2D eigenvalue weighted by molar-refractivity contribution is -0.154. The van der Waals surface area contributed by atoms with Crippen LogP contribution in [0.25, 0.3) is 0 Å². The molecule has 190 valence electrons. The smallest absolute Gasteiger partial charge is 0.414 e. The van der Waals surface area contributed by atoms with Gasteiger partial charge in [-0.3, -0.25) is 14.7 Å². The lowest BCUT2D eigenvalue weighted by Crippen LogP contribution is -2.34. The van der Waals surface area contributed by atoms with Gasteiger partial charge in [0.25, 0.3) is 5.17 Å². The number of thiocarbonyl (C=S) groups is 1. The molecule has 2 fully saturated rings. The molecule has 9 nitrogen and oxygen atoms in total. The molecule has 0 radical (unpaired) electrons. The molecule has 1 aromatic carbocycles. The average molecular weight is 510 g/mol. The van der Waals surface area contributed by atoms with Crippen LogP contribution in [0, 0.1) is 11.6 Å². The van der Waals surface area contributed by atoms with Gasteiger partial charge in [0.2, 0.25) is 0 Å². The van der Waals surface area contributed by atoms with Crippen molar-refractivity contribution in [3.63, 3.8) is 0 Å². The predicted molar refractivity (Wildman–Crippen MR) is 131 cm³/mol. The van der Waals surface area contributed by atoms with Crippen LogP contribution in [-0.2, 0) is 20.9 Å². The second-order valence-electron chi connectivity index (χ2n) is 7.79. The molecule has 4 rings (SSSR count). The summed E-state index contributed by atoms with van der Waals surface area (Å²) in [4.78, 5) is 24.9. The van der Waals surface area contributed by atoms with Crippen molar-refractivity contribution in [3.8, 4) is 0 Å². The van der Waals surface area contributed by atoms with Crippen molar-refractivity contribution in [2.75, 3.05) is 56.2 Å². The van der Waals surface area contributed by atoms with Gasteiger partial charge in [-0.05, 0) is 23.8 Å². The minimum atomic E-state index is -0.759. The lowest BCUT2D eigenvalue weighted by Gasteiger charge is -2.24. The highest BCUT2D eigenvalue weighted by Crippen LogP contribution is 2.31. The van der Waals surface area contributed by atoms with Crippen LogP contribution in [0.4, 0.5) is 25.0 Å². The van der Waals surface area contributed by atoms with E-state index in [2.05, 4.69) is 10.3 Å². The SMILES string of the molecule is C.COC(=S)NC[C@H]1CN(c2cc(F)c(N3CCON(Cc4cccnc4)CC3)c(F)c2)C(=O)O1. The van der Waals surface area contributed by atoms with Crippen LogP contribution in [0.5, 0.6) is 0 Å². The summed E-state index contributed by atoms with van der Waals surface area (Å²) in [5.41, 5.74) is 0.921. The molecular weight excluding hydrogens is 480 g/mol. The van der Waals surface area contributed by atoms with Gasteiger partial charge in [0.05, 0.1) is 39.0 Å². The number of anilines is 2. The van der Waals surface area contributed by atoms with Gasteiger partial charge in [-0.2, -0.15) is 5.06 Å². The molecule has 1 amide bonds. The Kier molecular flexibility index (Phi) is 9.13. The van der Waals surface area contributed by atoms with Gasteiger partial charge in [-0.25, -0.2) is 13.6 Å². The summed E-state index contributed by atoms with van der Waals surface area (Å²) in [6, 6.07) is 6.07. The quantitative estimate of drug-likeness (QED) is 0.591. The fourth-order valence-electron chi connectivity index (χ4n) is 3.85. The molecule has 2 saturated heterocycles. The van der Waals surface area contributed by atoms with E-state index in [9.17, 15) is 4.79 Å². The van der Waals surface area contributed by atoms with Crippen LogP contribution in [0.15, 0.2) is 36.7 Å². The van der Waals surface area contributed by atoms with Crippen molar-refractivity contribution in [2.24, 2.45) is 0 Å². The number of halogens is 2. The van der Waals surface area contributed by atoms with E-state index < -0.39 is 23.8 Å². The Bertz CT molecular complexity index is 1010. The van der Waals surface area contributed by atoms with Crippen LogP contribution in [0.3, 0.4) is 0 Å². The molecule has 0 aliphatic carbocycles. The molecule has 0 unspecified atom stereocenters. The van der Waals surface area contributed by atoms with Crippen LogP contribution >= 0.6 is 12.2 Å². The van der Waals surface area contributed by atoms with Crippen molar-refractivity contribution in [2.45, 2.75) is 20.1 Å². The second kappa shape index (κ2) is 12.0. The predicted octanol–water partition coefficient (Wildman–Crippen LogP) is 3.10. The number of nitrogens with one attached hydrogen (secondary N) is 1. The minimum Gasteiger partial charge on any atom is -0.474 e. The number of carbonyl (C=O) groups excluding carboxylic acids is 1. The minimum absolute atomic E-state index is 0. The van der Waals surface area contributed by atoms with Crippen LogP contribution in [0.2, 0.25) is 0 Å². The number of benzene rings is 1. The van der Waals surface area contributed by atoms with E-state index >= 15 is 8.78 Å². The number of rotatable bonds is 6. The van der Waals surface area contributed by atoms with Crippen molar-refractivity contribution in [1.82, 2.24) is 15.4 Å². The molecule has 3 heterocycles. The van der Waals surface area contributed by atoms with Gasteiger partial charge >= 0.3 is 6.09 Å². The maximum atomic E-state index is 15.1. The zero-order valence-electron chi connectivity index (χ0n) is 18.6. The summed E-state index contributed by atoms with van der Waals surface area (Å²) < 4.78 is 40.3. The molecule has 1 aromatic heterocycles. The molecule has 35 heavy (non-hydrogen) atoms. The molecule has 2 aliphatic heterocycles. The second-order valence-corrected chi connectivity index (χ2v) is 8.16. The number of carbonyl (C=O) groups is 1. The number of nitrogens with zero attached hydrogens (tertiary/aromatic N) is 4. The Morgan fingerprint density at radius 1 is 1.29 bits per heavy atom. The van der Waals surface area contributed by atoms with Gasteiger partial charge in [-0.15, -0.1) is 0 Å². The standard InChI is InChI=1S/C22H25F2N5O4S.CH4/c1-31-21(34)26-12-17-14-29(22(30)33-17)16-9-18(23)20(19(24)10-16)27-5-6-28(32-8-7-27)13-15-3-2-4-25-11-15;/h2-4,9-11,17H,5-8,12-14H2,1H3,(H,26,34);1H4/t17-;/m0./s1. The van der Waals surface area contributed by atoms with Gasteiger partial charge in [0.15, 0.2) is 11.6 Å². The fraction of sp³-hybridized carbons (Fsp3) is 0.435. The number of hydrogen-bond acceptors (Lipinski definition) is 8. The van der Waals surface area contributed by atoms with E-state index in [0.29, 0.717) is 26.2 Å². The van der Waals surface area contributed by atoms with E-state index in [1.165, 1.54) is 12.0 Å². The monoisotopic (exact) mass is 509 g/mol. The van der Waals surface area contributed by atoms with Crippen LogP contribution in [0.1, 0.15) is 13.0 Å². The molecule has 12 heteroatoms. The van der Waals surface area contributed by atoms with Crippen molar-refractivity contribution >= 4 is 34.9 Å². The van der Waals surface area contributed by atoms with Crippen molar-refractivity contribution in [3.05, 3.63) is 53.9 Å². The Morgan fingerprint density at radius 2 is 2.06 bits per heavy atom. The number of pyridine rings is 1. The fourth-order valence-corrected chi connectivity index (χ4v) is 3.93. The third kappa shape index (κ3) is 6.53. The molecule has 1 N–H and O–H groups in total. The third-order valence-electron chi connectivity index (χ3n) is 5.50.